The van der Waals surface area contributed by atoms with E-state index in [2.05, 4.69) is 38.1 Å². The summed E-state index contributed by atoms with van der Waals surface area (Å²) in [6, 6.07) is 19.6. The van der Waals surface area contributed by atoms with Crippen molar-refractivity contribution in [3.63, 3.8) is 0 Å². The maximum absolute atomic E-state index is 14.8. The van der Waals surface area contributed by atoms with Crippen LogP contribution in [0.5, 0.6) is 0 Å². The lowest BCUT2D eigenvalue weighted by Crippen LogP contribution is -2.01. The fourth-order valence-corrected chi connectivity index (χ4v) is 4.20. The van der Waals surface area contributed by atoms with Crippen molar-refractivity contribution in [3.05, 3.63) is 83.4 Å². The van der Waals surface area contributed by atoms with E-state index in [1.54, 1.807) is 12.1 Å². The molecule has 0 aromatic heterocycles. The predicted octanol–water partition coefficient (Wildman–Crippen LogP) is 9.52. The second-order valence-electron chi connectivity index (χ2n) is 9.10. The first kappa shape index (κ1) is 26.1. The number of unbranched alkanes of at least 4 members (excludes halogenated alkanes) is 6. The van der Waals surface area contributed by atoms with E-state index >= 15 is 0 Å². The first-order valence-electron chi connectivity index (χ1n) is 12.9. The first-order valence-corrected chi connectivity index (χ1v) is 12.9. The van der Waals surface area contributed by atoms with E-state index in [-0.39, 0.29) is 17.7 Å². The SMILES string of the molecule is CCCCCCCc1ccc(-c2ccc(-c3ccc(COCCCCC)c(F)c3F)cc2)cc1. The summed E-state index contributed by atoms with van der Waals surface area (Å²) in [5.74, 6) is -1.63. The molecule has 0 spiro atoms. The molecular formula is C31H38F2O. The number of rotatable bonds is 14. The summed E-state index contributed by atoms with van der Waals surface area (Å²) in [5, 5.41) is 0. The van der Waals surface area contributed by atoms with Crippen molar-refractivity contribution < 1.29 is 13.5 Å². The minimum atomic E-state index is -0.817. The molecule has 3 heteroatoms. The molecular weight excluding hydrogens is 426 g/mol. The van der Waals surface area contributed by atoms with Crippen LogP contribution in [0.15, 0.2) is 60.7 Å². The normalized spacial score (nSPS) is 11.2. The highest BCUT2D eigenvalue weighted by atomic mass is 19.2. The molecule has 0 saturated carbocycles. The molecule has 0 heterocycles. The Balaban J connectivity index is 1.61. The fourth-order valence-electron chi connectivity index (χ4n) is 4.20. The van der Waals surface area contributed by atoms with Crippen LogP contribution in [0.1, 0.15) is 76.3 Å². The molecule has 0 aliphatic rings. The smallest absolute Gasteiger partial charge is 0.167 e. The number of ether oxygens (including phenoxy) is 1. The maximum Gasteiger partial charge on any atom is 0.167 e. The Morgan fingerprint density at radius 1 is 0.588 bits per heavy atom. The van der Waals surface area contributed by atoms with Crippen molar-refractivity contribution in [1.29, 1.82) is 0 Å². The number of benzene rings is 3. The van der Waals surface area contributed by atoms with E-state index in [9.17, 15) is 8.78 Å². The number of aryl methyl sites for hydroxylation is 1. The molecule has 3 aromatic rings. The fraction of sp³-hybridized carbons (Fsp3) is 0.419. The lowest BCUT2D eigenvalue weighted by atomic mass is 9.97. The molecule has 0 aliphatic carbocycles. The van der Waals surface area contributed by atoms with Crippen LogP contribution in [0.2, 0.25) is 0 Å². The van der Waals surface area contributed by atoms with Crippen LogP contribution in [0.3, 0.4) is 0 Å². The van der Waals surface area contributed by atoms with Crippen molar-refractivity contribution in [3.8, 4) is 22.3 Å². The third kappa shape index (κ3) is 7.50. The second-order valence-corrected chi connectivity index (χ2v) is 9.10. The molecule has 1 nitrogen and oxygen atoms in total. The summed E-state index contributed by atoms with van der Waals surface area (Å²) in [4.78, 5) is 0. The summed E-state index contributed by atoms with van der Waals surface area (Å²) >= 11 is 0. The van der Waals surface area contributed by atoms with Crippen LogP contribution < -0.4 is 0 Å². The van der Waals surface area contributed by atoms with Crippen LogP contribution in [-0.2, 0) is 17.8 Å². The van der Waals surface area contributed by atoms with Crippen LogP contribution in [-0.4, -0.2) is 6.61 Å². The summed E-state index contributed by atoms with van der Waals surface area (Å²) in [6.45, 7) is 5.02. The monoisotopic (exact) mass is 464 g/mol. The van der Waals surface area contributed by atoms with Gasteiger partial charge in [0, 0.05) is 17.7 Å². The van der Waals surface area contributed by atoms with Gasteiger partial charge in [-0.05, 0) is 41.5 Å². The third-order valence-electron chi connectivity index (χ3n) is 6.36. The minimum absolute atomic E-state index is 0.0976. The second kappa shape index (κ2) is 14.0. The van der Waals surface area contributed by atoms with Gasteiger partial charge in [-0.3, -0.25) is 0 Å². The molecule has 0 N–H and O–H groups in total. The molecule has 0 unspecified atom stereocenters. The van der Waals surface area contributed by atoms with Crippen molar-refractivity contribution in [1.82, 2.24) is 0 Å². The Morgan fingerprint density at radius 3 is 1.85 bits per heavy atom. The number of halogens is 2. The highest BCUT2D eigenvalue weighted by molar-refractivity contribution is 5.71. The Morgan fingerprint density at radius 2 is 1.18 bits per heavy atom. The molecule has 0 bridgehead atoms. The molecule has 0 radical (unpaired) electrons. The standard InChI is InChI=1S/C31H38F2O/c1-3-5-7-8-9-11-24-12-14-25(15-13-24)26-16-18-27(19-17-26)29-21-20-28(30(32)31(29)33)23-34-22-10-6-4-2/h12-21H,3-11,22-23H2,1-2H3. The van der Waals surface area contributed by atoms with Gasteiger partial charge in [-0.15, -0.1) is 0 Å². The molecule has 34 heavy (non-hydrogen) atoms. The molecule has 0 amide bonds. The van der Waals surface area contributed by atoms with E-state index in [1.165, 1.54) is 37.7 Å². The van der Waals surface area contributed by atoms with Crippen molar-refractivity contribution in [2.24, 2.45) is 0 Å². The van der Waals surface area contributed by atoms with Crippen LogP contribution in [0.4, 0.5) is 8.78 Å². The van der Waals surface area contributed by atoms with Gasteiger partial charge in [0.15, 0.2) is 11.6 Å². The first-order chi connectivity index (χ1) is 16.6. The highest BCUT2D eigenvalue weighted by Crippen LogP contribution is 2.29. The lowest BCUT2D eigenvalue weighted by molar-refractivity contribution is 0.114. The molecule has 0 fully saturated rings. The van der Waals surface area contributed by atoms with Crippen LogP contribution in [0, 0.1) is 11.6 Å². The van der Waals surface area contributed by atoms with Crippen LogP contribution >= 0.6 is 0 Å². The Kier molecular flexibility index (Phi) is 10.8. The Labute approximate surface area is 204 Å². The topological polar surface area (TPSA) is 9.23 Å². The Hall–Kier alpha value is -2.52. The van der Waals surface area contributed by atoms with Gasteiger partial charge in [0.2, 0.25) is 0 Å². The highest BCUT2D eigenvalue weighted by Gasteiger charge is 2.15. The van der Waals surface area contributed by atoms with Gasteiger partial charge in [-0.2, -0.15) is 0 Å². The zero-order valence-electron chi connectivity index (χ0n) is 20.7. The molecule has 182 valence electrons. The van der Waals surface area contributed by atoms with Gasteiger partial charge in [0.1, 0.15) is 0 Å². The van der Waals surface area contributed by atoms with Gasteiger partial charge in [0.05, 0.1) is 6.61 Å². The van der Waals surface area contributed by atoms with E-state index in [1.807, 2.05) is 24.3 Å². The van der Waals surface area contributed by atoms with Crippen molar-refractivity contribution in [2.45, 2.75) is 78.2 Å². The van der Waals surface area contributed by atoms with E-state index in [0.29, 0.717) is 12.2 Å². The van der Waals surface area contributed by atoms with E-state index in [0.717, 1.165) is 36.8 Å². The van der Waals surface area contributed by atoms with E-state index in [4.69, 9.17) is 4.74 Å². The molecule has 0 aliphatic heterocycles. The van der Waals surface area contributed by atoms with Gasteiger partial charge in [-0.1, -0.05) is 113 Å². The molecule has 3 aromatic carbocycles. The summed E-state index contributed by atoms with van der Waals surface area (Å²) in [5.41, 5.74) is 4.76. The predicted molar refractivity (Wildman–Crippen MR) is 139 cm³/mol. The molecule has 0 atom stereocenters. The summed E-state index contributed by atoms with van der Waals surface area (Å²) in [7, 11) is 0. The Bertz CT molecular complexity index is 993. The number of hydrogen-bond acceptors (Lipinski definition) is 1. The molecule has 0 saturated heterocycles. The van der Waals surface area contributed by atoms with Gasteiger partial charge >= 0.3 is 0 Å². The largest absolute Gasteiger partial charge is 0.377 e. The van der Waals surface area contributed by atoms with Gasteiger partial charge in [0.25, 0.3) is 0 Å². The summed E-state index contributed by atoms with van der Waals surface area (Å²) in [6.07, 6.45) is 10.7. The quantitative estimate of drug-likeness (QED) is 0.216. The molecule has 3 rings (SSSR count). The zero-order chi connectivity index (χ0) is 24.2. The number of hydrogen-bond donors (Lipinski definition) is 0. The summed E-state index contributed by atoms with van der Waals surface area (Å²) < 4.78 is 34.9. The lowest BCUT2D eigenvalue weighted by Gasteiger charge is -2.11. The zero-order valence-corrected chi connectivity index (χ0v) is 20.7. The van der Waals surface area contributed by atoms with Crippen LogP contribution in [0.25, 0.3) is 22.3 Å². The van der Waals surface area contributed by atoms with E-state index < -0.39 is 11.6 Å². The van der Waals surface area contributed by atoms with Crippen molar-refractivity contribution >= 4 is 0 Å². The third-order valence-corrected chi connectivity index (χ3v) is 6.36. The maximum atomic E-state index is 14.8. The average molecular weight is 465 g/mol. The average Bonchev–Trinajstić information content (AvgIpc) is 2.87. The minimum Gasteiger partial charge on any atom is -0.377 e. The van der Waals surface area contributed by atoms with Gasteiger partial charge in [-0.25, -0.2) is 8.78 Å². The van der Waals surface area contributed by atoms with Gasteiger partial charge < -0.3 is 4.74 Å². The van der Waals surface area contributed by atoms with Crippen molar-refractivity contribution in [2.75, 3.05) is 6.61 Å².